The summed E-state index contributed by atoms with van der Waals surface area (Å²) in [5.74, 6) is -1.65. The minimum Gasteiger partial charge on any atom is -0.507 e. The van der Waals surface area contributed by atoms with E-state index in [1.165, 1.54) is 12.1 Å². The standard InChI is InChI=1S/C28H37NO4/c1-3-4-5-6-7-8-9-10-11-12-13-14-15-16-17-18-19-20-27(31)33-28(32)25-22-21-24(29-2)23-26(25)30/h4-5,7-8,10-11,13-14,16-17,21-23,29-30H,3,6,9,12,15,18-20H2,1-2H3/b5-4-,8-7-,11-10-,14-13-,17-16-. The minimum absolute atomic E-state index is 0.0276. The zero-order chi connectivity index (χ0) is 24.2. The van der Waals surface area contributed by atoms with Crippen molar-refractivity contribution in [3.8, 4) is 5.75 Å². The Bertz CT molecular complexity index is 863. The van der Waals surface area contributed by atoms with Crippen molar-refractivity contribution in [1.29, 1.82) is 0 Å². The molecule has 1 rings (SSSR count). The third-order valence-electron chi connectivity index (χ3n) is 4.62. The van der Waals surface area contributed by atoms with Gasteiger partial charge in [-0.15, -0.1) is 0 Å². The van der Waals surface area contributed by atoms with Crippen LogP contribution in [0.2, 0.25) is 0 Å². The Kier molecular flexibility index (Phi) is 15.3. The molecule has 1 aromatic carbocycles. The monoisotopic (exact) mass is 451 g/mol. The predicted octanol–water partition coefficient (Wildman–Crippen LogP) is 7.04. The summed E-state index contributed by atoms with van der Waals surface area (Å²) in [5, 5.41) is 12.7. The smallest absolute Gasteiger partial charge is 0.349 e. The summed E-state index contributed by atoms with van der Waals surface area (Å²) in [5.41, 5.74) is 0.632. The Morgan fingerprint density at radius 1 is 0.879 bits per heavy atom. The fraction of sp³-hybridized carbons (Fsp3) is 0.357. The van der Waals surface area contributed by atoms with Crippen LogP contribution < -0.4 is 5.32 Å². The number of hydrogen-bond donors (Lipinski definition) is 2. The number of ether oxygens (including phenoxy) is 1. The molecule has 0 saturated heterocycles. The van der Waals surface area contributed by atoms with E-state index in [-0.39, 0.29) is 17.7 Å². The molecule has 33 heavy (non-hydrogen) atoms. The van der Waals surface area contributed by atoms with Crippen molar-refractivity contribution < 1.29 is 19.4 Å². The molecular formula is C28H37NO4. The third kappa shape index (κ3) is 13.6. The first-order valence-corrected chi connectivity index (χ1v) is 11.6. The highest BCUT2D eigenvalue weighted by molar-refractivity contribution is 5.99. The van der Waals surface area contributed by atoms with Gasteiger partial charge < -0.3 is 15.2 Å². The van der Waals surface area contributed by atoms with E-state index in [0.29, 0.717) is 12.1 Å². The summed E-state index contributed by atoms with van der Waals surface area (Å²) >= 11 is 0. The SMILES string of the molecule is CC/C=C\C/C=C\C/C=C\C/C=C\C/C=C\CCCC(=O)OC(=O)c1ccc(NC)cc1O. The molecule has 0 saturated carbocycles. The number of hydrogen-bond acceptors (Lipinski definition) is 5. The van der Waals surface area contributed by atoms with E-state index in [1.807, 2.05) is 6.08 Å². The topological polar surface area (TPSA) is 75.6 Å². The van der Waals surface area contributed by atoms with Crippen molar-refractivity contribution in [2.24, 2.45) is 0 Å². The molecule has 0 amide bonds. The molecule has 0 radical (unpaired) electrons. The molecule has 0 unspecified atom stereocenters. The highest BCUT2D eigenvalue weighted by atomic mass is 16.6. The lowest BCUT2D eigenvalue weighted by atomic mass is 10.2. The normalized spacial score (nSPS) is 12.1. The Hall–Kier alpha value is -3.34. The van der Waals surface area contributed by atoms with E-state index < -0.39 is 11.9 Å². The van der Waals surface area contributed by atoms with Gasteiger partial charge in [0.25, 0.3) is 0 Å². The van der Waals surface area contributed by atoms with Crippen molar-refractivity contribution in [1.82, 2.24) is 0 Å². The van der Waals surface area contributed by atoms with Gasteiger partial charge >= 0.3 is 11.9 Å². The molecule has 5 nitrogen and oxygen atoms in total. The average molecular weight is 452 g/mol. The maximum Gasteiger partial charge on any atom is 0.349 e. The second kappa shape index (κ2) is 18.3. The number of carbonyl (C=O) groups excluding carboxylic acids is 2. The molecular weight excluding hydrogens is 414 g/mol. The maximum absolute atomic E-state index is 12.0. The van der Waals surface area contributed by atoms with Crippen molar-refractivity contribution in [2.45, 2.75) is 58.3 Å². The van der Waals surface area contributed by atoms with Crippen LogP contribution in [0.1, 0.15) is 68.6 Å². The quantitative estimate of drug-likeness (QED) is 0.129. The van der Waals surface area contributed by atoms with Gasteiger partial charge in [-0.1, -0.05) is 67.7 Å². The number of nitrogens with one attached hydrogen (secondary N) is 1. The first-order chi connectivity index (χ1) is 16.1. The molecule has 5 heteroatoms. The first kappa shape index (κ1) is 27.7. The molecule has 0 aromatic heterocycles. The molecule has 0 bridgehead atoms. The summed E-state index contributed by atoms with van der Waals surface area (Å²) in [6.45, 7) is 2.14. The Balaban J connectivity index is 2.12. The number of aromatic hydroxyl groups is 1. The van der Waals surface area contributed by atoms with Crippen molar-refractivity contribution in [2.75, 3.05) is 12.4 Å². The Labute approximate surface area is 198 Å². The lowest BCUT2D eigenvalue weighted by Gasteiger charge is -2.06. The molecule has 0 fully saturated rings. The second-order valence-corrected chi connectivity index (χ2v) is 7.34. The first-order valence-electron chi connectivity index (χ1n) is 11.6. The Morgan fingerprint density at radius 3 is 1.94 bits per heavy atom. The molecule has 178 valence electrons. The van der Waals surface area contributed by atoms with E-state index in [1.54, 1.807) is 13.1 Å². The molecule has 0 heterocycles. The van der Waals surface area contributed by atoms with Gasteiger partial charge in [-0.05, 0) is 57.1 Å². The highest BCUT2D eigenvalue weighted by Crippen LogP contribution is 2.22. The van der Waals surface area contributed by atoms with Gasteiger partial charge in [-0.2, -0.15) is 0 Å². The van der Waals surface area contributed by atoms with E-state index in [2.05, 4.69) is 66.9 Å². The van der Waals surface area contributed by atoms with Gasteiger partial charge in [0.05, 0.1) is 0 Å². The summed E-state index contributed by atoms with van der Waals surface area (Å²) in [7, 11) is 1.70. The molecule has 2 N–H and O–H groups in total. The number of rotatable bonds is 15. The lowest BCUT2D eigenvalue weighted by molar-refractivity contribution is -0.138. The molecule has 0 atom stereocenters. The van der Waals surface area contributed by atoms with Crippen LogP contribution in [0.3, 0.4) is 0 Å². The largest absolute Gasteiger partial charge is 0.507 e. The van der Waals surface area contributed by atoms with Crippen LogP contribution in [0.4, 0.5) is 5.69 Å². The number of esters is 2. The number of phenols is 1. The van der Waals surface area contributed by atoms with Crippen LogP contribution in [0, 0.1) is 0 Å². The zero-order valence-corrected chi connectivity index (χ0v) is 19.8. The summed E-state index contributed by atoms with van der Waals surface area (Å²) in [4.78, 5) is 23.8. The molecule has 1 aromatic rings. The summed E-state index contributed by atoms with van der Waals surface area (Å²) in [6, 6.07) is 4.46. The summed E-state index contributed by atoms with van der Waals surface area (Å²) < 4.78 is 4.81. The van der Waals surface area contributed by atoms with Crippen molar-refractivity contribution in [3.05, 3.63) is 84.5 Å². The number of phenolic OH excluding ortho intramolecular Hbond substituents is 1. The maximum atomic E-state index is 12.0. The molecule has 0 aliphatic heterocycles. The molecule has 0 spiro atoms. The number of allylic oxidation sites excluding steroid dienone is 10. The molecule has 0 aliphatic rings. The van der Waals surface area contributed by atoms with Gasteiger partial charge in [0.1, 0.15) is 11.3 Å². The minimum atomic E-state index is -0.838. The number of unbranched alkanes of at least 4 members (excludes halogenated alkanes) is 1. The van der Waals surface area contributed by atoms with Crippen LogP contribution in [0.15, 0.2) is 79.0 Å². The average Bonchev–Trinajstić information content (AvgIpc) is 2.80. The Morgan fingerprint density at radius 2 is 1.42 bits per heavy atom. The third-order valence-corrected chi connectivity index (χ3v) is 4.62. The predicted molar refractivity (Wildman–Crippen MR) is 136 cm³/mol. The van der Waals surface area contributed by atoms with Gasteiger partial charge in [0.15, 0.2) is 0 Å². The van der Waals surface area contributed by atoms with E-state index in [4.69, 9.17) is 4.74 Å². The van der Waals surface area contributed by atoms with Crippen LogP contribution in [0.5, 0.6) is 5.75 Å². The van der Waals surface area contributed by atoms with Gasteiger partial charge in [0.2, 0.25) is 0 Å². The van der Waals surface area contributed by atoms with E-state index >= 15 is 0 Å². The summed E-state index contributed by atoms with van der Waals surface area (Å²) in [6.07, 6.45) is 27.7. The van der Waals surface area contributed by atoms with Crippen molar-refractivity contribution in [3.63, 3.8) is 0 Å². The van der Waals surface area contributed by atoms with Crippen LogP contribution in [0.25, 0.3) is 0 Å². The zero-order valence-electron chi connectivity index (χ0n) is 19.8. The van der Waals surface area contributed by atoms with E-state index in [0.717, 1.165) is 38.5 Å². The van der Waals surface area contributed by atoms with E-state index in [9.17, 15) is 14.7 Å². The fourth-order valence-electron chi connectivity index (χ4n) is 2.80. The van der Waals surface area contributed by atoms with Crippen LogP contribution >= 0.6 is 0 Å². The lowest BCUT2D eigenvalue weighted by Crippen LogP contribution is -2.12. The number of carbonyl (C=O) groups is 2. The van der Waals surface area contributed by atoms with Gasteiger partial charge in [-0.25, -0.2) is 4.79 Å². The van der Waals surface area contributed by atoms with Gasteiger partial charge in [-0.3, -0.25) is 4.79 Å². The number of benzene rings is 1. The van der Waals surface area contributed by atoms with Crippen LogP contribution in [-0.2, 0) is 9.53 Å². The fourth-order valence-corrected chi connectivity index (χ4v) is 2.80. The number of anilines is 1. The highest BCUT2D eigenvalue weighted by Gasteiger charge is 2.16. The molecule has 0 aliphatic carbocycles. The second-order valence-electron chi connectivity index (χ2n) is 7.34. The van der Waals surface area contributed by atoms with Crippen LogP contribution in [-0.4, -0.2) is 24.1 Å². The van der Waals surface area contributed by atoms with Crippen molar-refractivity contribution >= 4 is 17.6 Å². The van der Waals surface area contributed by atoms with Gasteiger partial charge in [0, 0.05) is 25.2 Å².